The highest BCUT2D eigenvalue weighted by Crippen LogP contribution is 2.25. The van der Waals surface area contributed by atoms with Gasteiger partial charge in [0, 0.05) is 18.9 Å². The van der Waals surface area contributed by atoms with Crippen molar-refractivity contribution in [2.75, 3.05) is 5.32 Å². The highest BCUT2D eigenvalue weighted by Gasteiger charge is 2.06. The molecule has 0 unspecified atom stereocenters. The number of halogens is 2. The molecule has 0 aliphatic rings. The van der Waals surface area contributed by atoms with Crippen LogP contribution in [0, 0.1) is 5.82 Å². The zero-order valence-electron chi connectivity index (χ0n) is 9.03. The van der Waals surface area contributed by atoms with Crippen LogP contribution < -0.4 is 5.32 Å². The normalized spacial score (nSPS) is 10.2. The Hall–Kier alpha value is -1.81. The predicted molar refractivity (Wildman–Crippen MR) is 67.1 cm³/mol. The number of imidazole rings is 1. The Morgan fingerprint density at radius 3 is 3.12 bits per heavy atom. The third kappa shape index (κ3) is 2.65. The average Bonchev–Trinajstić information content (AvgIpc) is 2.72. The summed E-state index contributed by atoms with van der Waals surface area (Å²) in [5.74, 6) is 0.246. The second kappa shape index (κ2) is 5.01. The molecule has 5 heteroatoms. The van der Waals surface area contributed by atoms with Gasteiger partial charge in [-0.15, -0.1) is 6.58 Å². The van der Waals surface area contributed by atoms with Crippen molar-refractivity contribution in [3.63, 3.8) is 0 Å². The molecule has 17 heavy (non-hydrogen) atoms. The lowest BCUT2D eigenvalue weighted by Crippen LogP contribution is -2.02. The molecule has 0 radical (unpaired) electrons. The van der Waals surface area contributed by atoms with Crippen molar-refractivity contribution in [3.05, 3.63) is 54.1 Å². The molecular formula is C12H11ClFN3. The molecule has 0 spiro atoms. The molecule has 0 saturated carbocycles. The average molecular weight is 252 g/mol. The number of nitrogens with zero attached hydrogens (tertiary/aromatic N) is 2. The fraction of sp³-hybridized carbons (Fsp3) is 0.0833. The number of benzene rings is 1. The third-order valence-corrected chi connectivity index (χ3v) is 2.55. The summed E-state index contributed by atoms with van der Waals surface area (Å²) in [6.45, 7) is 4.27. The van der Waals surface area contributed by atoms with E-state index in [9.17, 15) is 4.39 Å². The molecule has 0 saturated heterocycles. The molecule has 0 amide bonds. The zero-order valence-corrected chi connectivity index (χ0v) is 9.78. The van der Waals surface area contributed by atoms with Gasteiger partial charge >= 0.3 is 0 Å². The van der Waals surface area contributed by atoms with Gasteiger partial charge in [-0.25, -0.2) is 9.37 Å². The van der Waals surface area contributed by atoms with Crippen LogP contribution in [0.4, 0.5) is 16.0 Å². The van der Waals surface area contributed by atoms with Gasteiger partial charge in [0.15, 0.2) is 0 Å². The number of hydrogen-bond acceptors (Lipinski definition) is 2. The fourth-order valence-corrected chi connectivity index (χ4v) is 1.60. The maximum absolute atomic E-state index is 13.1. The zero-order chi connectivity index (χ0) is 12.3. The highest BCUT2D eigenvalue weighted by molar-refractivity contribution is 6.33. The van der Waals surface area contributed by atoms with Crippen molar-refractivity contribution < 1.29 is 4.39 Å². The standard InChI is InChI=1S/C12H11ClFN3/c1-2-6-17-7-5-15-12(17)16-11-8-9(14)3-4-10(11)13/h2-5,7-8H,1,6H2,(H,15,16). The minimum Gasteiger partial charge on any atom is -0.324 e. The van der Waals surface area contributed by atoms with Crippen LogP contribution in [0.2, 0.25) is 5.02 Å². The molecule has 88 valence electrons. The first-order valence-corrected chi connectivity index (χ1v) is 5.42. The minimum absolute atomic E-state index is 0.348. The Labute approximate surface area is 104 Å². The van der Waals surface area contributed by atoms with Gasteiger partial charge in [0.1, 0.15) is 5.82 Å². The summed E-state index contributed by atoms with van der Waals surface area (Å²) in [7, 11) is 0. The smallest absolute Gasteiger partial charge is 0.207 e. The molecular weight excluding hydrogens is 241 g/mol. The van der Waals surface area contributed by atoms with Crippen LogP contribution in [0.5, 0.6) is 0 Å². The Kier molecular flexibility index (Phi) is 3.44. The largest absolute Gasteiger partial charge is 0.324 e. The predicted octanol–water partition coefficient (Wildman–Crippen LogP) is 3.61. The molecule has 1 heterocycles. The number of anilines is 2. The Morgan fingerprint density at radius 2 is 2.35 bits per heavy atom. The topological polar surface area (TPSA) is 29.9 Å². The molecule has 0 fully saturated rings. The lowest BCUT2D eigenvalue weighted by Gasteiger charge is -2.09. The second-order valence-corrected chi connectivity index (χ2v) is 3.85. The SMILES string of the molecule is C=CCn1ccnc1Nc1cc(F)ccc1Cl. The fourth-order valence-electron chi connectivity index (χ4n) is 1.43. The summed E-state index contributed by atoms with van der Waals surface area (Å²) in [5, 5.41) is 3.42. The van der Waals surface area contributed by atoms with Crippen molar-refractivity contribution in [2.24, 2.45) is 0 Å². The van der Waals surface area contributed by atoms with Gasteiger partial charge in [-0.3, -0.25) is 0 Å². The van der Waals surface area contributed by atoms with Crippen molar-refractivity contribution in [3.8, 4) is 0 Å². The summed E-state index contributed by atoms with van der Waals surface area (Å²) in [6.07, 6.45) is 5.20. The van der Waals surface area contributed by atoms with Gasteiger partial charge in [-0.2, -0.15) is 0 Å². The van der Waals surface area contributed by atoms with Gasteiger partial charge in [0.05, 0.1) is 10.7 Å². The van der Waals surface area contributed by atoms with Crippen molar-refractivity contribution in [1.82, 2.24) is 9.55 Å². The van der Waals surface area contributed by atoms with Crippen LogP contribution in [-0.2, 0) is 6.54 Å². The van der Waals surface area contributed by atoms with Crippen LogP contribution in [-0.4, -0.2) is 9.55 Å². The van der Waals surface area contributed by atoms with Gasteiger partial charge in [0.25, 0.3) is 0 Å². The summed E-state index contributed by atoms with van der Waals surface area (Å²) >= 11 is 5.96. The molecule has 0 atom stereocenters. The number of aromatic nitrogens is 2. The van der Waals surface area contributed by atoms with E-state index in [2.05, 4.69) is 16.9 Å². The first-order chi connectivity index (χ1) is 8.20. The van der Waals surface area contributed by atoms with Gasteiger partial charge in [-0.05, 0) is 18.2 Å². The van der Waals surface area contributed by atoms with Crippen LogP contribution in [0.25, 0.3) is 0 Å². The molecule has 1 aromatic heterocycles. The van der Waals surface area contributed by atoms with Crippen molar-refractivity contribution >= 4 is 23.2 Å². The van der Waals surface area contributed by atoms with Gasteiger partial charge < -0.3 is 9.88 Å². The maximum Gasteiger partial charge on any atom is 0.207 e. The Balaban J connectivity index is 2.27. The summed E-state index contributed by atoms with van der Waals surface area (Å²) in [6, 6.07) is 4.14. The first kappa shape index (κ1) is 11.7. The van der Waals surface area contributed by atoms with E-state index >= 15 is 0 Å². The van der Waals surface area contributed by atoms with E-state index in [0.29, 0.717) is 23.2 Å². The monoisotopic (exact) mass is 251 g/mol. The van der Waals surface area contributed by atoms with Crippen molar-refractivity contribution in [1.29, 1.82) is 0 Å². The van der Waals surface area contributed by atoms with Crippen LogP contribution in [0.3, 0.4) is 0 Å². The van der Waals surface area contributed by atoms with E-state index in [0.717, 1.165) is 0 Å². The second-order valence-electron chi connectivity index (χ2n) is 3.44. The van der Waals surface area contributed by atoms with Crippen LogP contribution >= 0.6 is 11.6 Å². The van der Waals surface area contributed by atoms with Gasteiger partial charge in [-0.1, -0.05) is 17.7 Å². The molecule has 1 N–H and O–H groups in total. The van der Waals surface area contributed by atoms with E-state index in [-0.39, 0.29) is 5.82 Å². The first-order valence-electron chi connectivity index (χ1n) is 5.05. The molecule has 2 rings (SSSR count). The van der Waals surface area contributed by atoms with E-state index in [1.54, 1.807) is 18.5 Å². The van der Waals surface area contributed by atoms with Crippen molar-refractivity contribution in [2.45, 2.75) is 6.54 Å². The molecule has 3 nitrogen and oxygen atoms in total. The van der Waals surface area contributed by atoms with E-state index < -0.39 is 0 Å². The molecule has 2 aromatic rings. The van der Waals surface area contributed by atoms with Gasteiger partial charge in [0.2, 0.25) is 5.95 Å². The lowest BCUT2D eigenvalue weighted by molar-refractivity contribution is 0.628. The number of nitrogens with one attached hydrogen (secondary N) is 1. The molecule has 0 bridgehead atoms. The van der Waals surface area contributed by atoms with E-state index in [1.165, 1.54) is 18.2 Å². The summed E-state index contributed by atoms with van der Waals surface area (Å²) in [5.41, 5.74) is 0.489. The lowest BCUT2D eigenvalue weighted by atomic mass is 10.3. The van der Waals surface area contributed by atoms with E-state index in [4.69, 9.17) is 11.6 Å². The summed E-state index contributed by atoms with van der Waals surface area (Å²) in [4.78, 5) is 4.12. The molecule has 0 aliphatic heterocycles. The highest BCUT2D eigenvalue weighted by atomic mass is 35.5. The minimum atomic E-state index is -0.348. The molecule has 1 aromatic carbocycles. The Morgan fingerprint density at radius 1 is 1.53 bits per heavy atom. The molecule has 0 aliphatic carbocycles. The maximum atomic E-state index is 13.1. The van der Waals surface area contributed by atoms with Crippen LogP contribution in [0.15, 0.2) is 43.2 Å². The van der Waals surface area contributed by atoms with E-state index in [1.807, 2.05) is 4.57 Å². The van der Waals surface area contributed by atoms with Crippen LogP contribution in [0.1, 0.15) is 0 Å². The number of allylic oxidation sites excluding steroid dienone is 1. The number of hydrogen-bond donors (Lipinski definition) is 1. The Bertz CT molecular complexity index is 536. The third-order valence-electron chi connectivity index (χ3n) is 2.22. The number of rotatable bonds is 4. The quantitative estimate of drug-likeness (QED) is 0.842. The summed E-state index contributed by atoms with van der Waals surface area (Å²) < 4.78 is 14.9.